The minimum Gasteiger partial charge on any atom is -0.491 e. The summed E-state index contributed by atoms with van der Waals surface area (Å²) in [6.45, 7) is 9.84. The van der Waals surface area contributed by atoms with Crippen molar-refractivity contribution in [3.8, 4) is 5.75 Å². The highest BCUT2D eigenvalue weighted by Crippen LogP contribution is 2.29. The fourth-order valence-electron chi connectivity index (χ4n) is 5.37. The quantitative estimate of drug-likeness (QED) is 0.541. The smallest absolute Gasteiger partial charge is 0.120 e. The lowest BCUT2D eigenvalue weighted by Crippen LogP contribution is -2.47. The molecule has 0 atom stereocenters. The maximum absolute atomic E-state index is 5.90. The van der Waals surface area contributed by atoms with Crippen LogP contribution in [0.1, 0.15) is 64.4 Å². The van der Waals surface area contributed by atoms with E-state index in [-0.39, 0.29) is 6.10 Å². The summed E-state index contributed by atoms with van der Waals surface area (Å²) in [5, 5.41) is 3.72. The van der Waals surface area contributed by atoms with Crippen molar-refractivity contribution in [3.63, 3.8) is 0 Å². The highest BCUT2D eigenvalue weighted by atomic mass is 79.9. The molecule has 0 unspecified atom stereocenters. The molecule has 0 radical (unpaired) electrons. The van der Waals surface area contributed by atoms with E-state index in [0.717, 1.165) is 43.9 Å². The van der Waals surface area contributed by atoms with Crippen LogP contribution in [0.5, 0.6) is 5.75 Å². The summed E-state index contributed by atoms with van der Waals surface area (Å²) in [6, 6.07) is 7.24. The van der Waals surface area contributed by atoms with Crippen LogP contribution in [-0.4, -0.2) is 54.8 Å². The first-order chi connectivity index (χ1) is 15.1. The van der Waals surface area contributed by atoms with Gasteiger partial charge in [-0.3, -0.25) is 9.80 Å². The van der Waals surface area contributed by atoms with Crippen molar-refractivity contribution >= 4 is 15.9 Å². The number of likely N-dealkylation sites (tertiary alicyclic amines) is 1. The Morgan fingerprint density at radius 2 is 1.87 bits per heavy atom. The fourth-order valence-corrected chi connectivity index (χ4v) is 5.77. The molecule has 2 aliphatic heterocycles. The monoisotopic (exact) mass is 489 g/mol. The van der Waals surface area contributed by atoms with Gasteiger partial charge in [-0.15, -0.1) is 0 Å². The Kier molecular flexibility index (Phi) is 8.36. The second kappa shape index (κ2) is 11.2. The molecule has 4 rings (SSSR count). The lowest BCUT2D eigenvalue weighted by atomic mass is 9.90. The van der Waals surface area contributed by atoms with Gasteiger partial charge in [-0.25, -0.2) is 0 Å². The zero-order chi connectivity index (χ0) is 21.6. The summed E-state index contributed by atoms with van der Waals surface area (Å²) < 4.78 is 7.11. The molecule has 1 saturated heterocycles. The molecule has 2 heterocycles. The van der Waals surface area contributed by atoms with Crippen molar-refractivity contribution in [3.05, 3.63) is 40.0 Å². The number of halogens is 1. The van der Waals surface area contributed by atoms with Crippen LogP contribution in [-0.2, 0) is 6.42 Å². The van der Waals surface area contributed by atoms with Gasteiger partial charge in [-0.1, -0.05) is 41.3 Å². The maximum Gasteiger partial charge on any atom is 0.120 e. The molecule has 0 spiro atoms. The second-order valence-electron chi connectivity index (χ2n) is 9.97. The third kappa shape index (κ3) is 6.72. The molecule has 0 bridgehead atoms. The van der Waals surface area contributed by atoms with Crippen LogP contribution < -0.4 is 10.1 Å². The average Bonchev–Trinajstić information content (AvgIpc) is 2.78. The number of nitrogens with zero attached hydrogens (tertiary/aromatic N) is 2. The molecular weight excluding hydrogens is 450 g/mol. The van der Waals surface area contributed by atoms with Crippen molar-refractivity contribution in [2.75, 3.05) is 32.8 Å². The maximum atomic E-state index is 5.90. The van der Waals surface area contributed by atoms with Crippen LogP contribution in [0.25, 0.3) is 0 Å². The molecule has 4 nitrogen and oxygen atoms in total. The number of ether oxygens (including phenoxy) is 1. The first kappa shape index (κ1) is 23.1. The third-order valence-electron chi connectivity index (χ3n) is 7.17. The number of piperidine rings is 1. The Morgan fingerprint density at radius 3 is 2.55 bits per heavy atom. The van der Waals surface area contributed by atoms with Gasteiger partial charge in [0.05, 0.1) is 12.8 Å². The van der Waals surface area contributed by atoms with E-state index in [4.69, 9.17) is 4.74 Å². The Balaban J connectivity index is 1.22. The molecule has 2 fully saturated rings. The number of benzene rings is 1. The van der Waals surface area contributed by atoms with Gasteiger partial charge in [-0.05, 0) is 88.7 Å². The predicted molar refractivity (Wildman–Crippen MR) is 132 cm³/mol. The van der Waals surface area contributed by atoms with Gasteiger partial charge in [0, 0.05) is 29.3 Å². The topological polar surface area (TPSA) is 27.7 Å². The molecule has 1 N–H and O–H groups in total. The van der Waals surface area contributed by atoms with Crippen LogP contribution >= 0.6 is 15.9 Å². The highest BCUT2D eigenvalue weighted by molar-refractivity contribution is 9.10. The number of hydrogen-bond acceptors (Lipinski definition) is 4. The number of rotatable bonds is 7. The Hall–Kier alpha value is -1.04. The third-order valence-corrected chi connectivity index (χ3v) is 7.94. The molecule has 0 aromatic heterocycles. The van der Waals surface area contributed by atoms with Crippen molar-refractivity contribution in [2.45, 2.75) is 77.4 Å². The van der Waals surface area contributed by atoms with E-state index in [1.165, 1.54) is 73.8 Å². The predicted octanol–water partition coefficient (Wildman–Crippen LogP) is 5.57. The van der Waals surface area contributed by atoms with Crippen molar-refractivity contribution in [2.24, 2.45) is 5.92 Å². The normalized spacial score (nSPS) is 22.4. The zero-order valence-electron chi connectivity index (χ0n) is 19.4. The van der Waals surface area contributed by atoms with Crippen LogP contribution in [0, 0.1) is 5.92 Å². The van der Waals surface area contributed by atoms with Crippen LogP contribution in [0.2, 0.25) is 0 Å². The number of nitrogens with one attached hydrogen (secondary N) is 1. The van der Waals surface area contributed by atoms with Crippen LogP contribution in [0.15, 0.2) is 34.4 Å². The summed E-state index contributed by atoms with van der Waals surface area (Å²) >= 11 is 3.75. The average molecular weight is 491 g/mol. The summed E-state index contributed by atoms with van der Waals surface area (Å²) in [6.07, 6.45) is 13.4. The molecule has 5 heteroatoms. The standard InChI is InChI=1S/C26H40BrN3O/c1-20(2)31-25-8-9-26(27)22(17-25)16-21-10-13-29(14-11-21)18-23-12-15-30(19-28-23)24-6-4-3-5-7-24/h8-9,12,17,20-21,24,28H,3-7,10-11,13-16,18-19H2,1-2H3. The van der Waals surface area contributed by atoms with E-state index in [1.807, 2.05) is 0 Å². The van der Waals surface area contributed by atoms with Crippen molar-refractivity contribution in [1.82, 2.24) is 15.1 Å². The lowest BCUT2D eigenvalue weighted by molar-refractivity contribution is 0.148. The molecule has 3 aliphatic rings. The number of hydrogen-bond donors (Lipinski definition) is 1. The first-order valence-corrected chi connectivity index (χ1v) is 13.2. The van der Waals surface area contributed by atoms with Gasteiger partial charge in [-0.2, -0.15) is 0 Å². The molecular formula is C26H40BrN3O. The van der Waals surface area contributed by atoms with Gasteiger partial charge < -0.3 is 10.1 Å². The van der Waals surface area contributed by atoms with Crippen LogP contribution in [0.4, 0.5) is 0 Å². The summed E-state index contributed by atoms with van der Waals surface area (Å²) in [5.41, 5.74) is 2.82. The largest absolute Gasteiger partial charge is 0.491 e. The van der Waals surface area contributed by atoms with Gasteiger partial charge in [0.1, 0.15) is 5.75 Å². The minimum absolute atomic E-state index is 0.217. The molecule has 172 valence electrons. The SMILES string of the molecule is CC(C)Oc1ccc(Br)c(CC2CCN(CC3=CCN(C4CCCCC4)CN3)CC2)c1. The van der Waals surface area contributed by atoms with Crippen LogP contribution in [0.3, 0.4) is 0 Å². The van der Waals surface area contributed by atoms with E-state index < -0.39 is 0 Å². The Labute approximate surface area is 197 Å². The summed E-state index contributed by atoms with van der Waals surface area (Å²) in [5.74, 6) is 1.75. The molecule has 0 amide bonds. The van der Waals surface area contributed by atoms with E-state index >= 15 is 0 Å². The summed E-state index contributed by atoms with van der Waals surface area (Å²) in [7, 11) is 0. The van der Waals surface area contributed by atoms with E-state index in [0.29, 0.717) is 0 Å². The Bertz CT molecular complexity index is 736. The molecule has 1 aromatic carbocycles. The minimum atomic E-state index is 0.217. The second-order valence-corrected chi connectivity index (χ2v) is 10.8. The van der Waals surface area contributed by atoms with Gasteiger partial charge in [0.2, 0.25) is 0 Å². The van der Waals surface area contributed by atoms with Crippen molar-refractivity contribution < 1.29 is 4.74 Å². The lowest BCUT2D eigenvalue weighted by Gasteiger charge is -2.38. The first-order valence-electron chi connectivity index (χ1n) is 12.4. The van der Waals surface area contributed by atoms with Crippen molar-refractivity contribution in [1.29, 1.82) is 0 Å². The molecule has 1 aromatic rings. The van der Waals surface area contributed by atoms with E-state index in [2.05, 4.69) is 69.2 Å². The van der Waals surface area contributed by atoms with E-state index in [9.17, 15) is 0 Å². The van der Waals surface area contributed by atoms with Gasteiger partial charge >= 0.3 is 0 Å². The van der Waals surface area contributed by atoms with E-state index in [1.54, 1.807) is 0 Å². The summed E-state index contributed by atoms with van der Waals surface area (Å²) in [4.78, 5) is 5.28. The highest BCUT2D eigenvalue weighted by Gasteiger charge is 2.25. The van der Waals surface area contributed by atoms with Gasteiger partial charge in [0.15, 0.2) is 0 Å². The Morgan fingerprint density at radius 1 is 1.10 bits per heavy atom. The molecule has 1 saturated carbocycles. The molecule has 31 heavy (non-hydrogen) atoms. The fraction of sp³-hybridized carbons (Fsp3) is 0.692. The molecule has 1 aliphatic carbocycles. The van der Waals surface area contributed by atoms with Gasteiger partial charge in [0.25, 0.3) is 0 Å². The zero-order valence-corrected chi connectivity index (χ0v) is 21.0.